The molecule has 6 heteroatoms. The van der Waals surface area contributed by atoms with Gasteiger partial charge in [-0.3, -0.25) is 9.59 Å². The van der Waals surface area contributed by atoms with Crippen LogP contribution < -0.4 is 16.0 Å². The molecule has 0 aliphatic rings. The second-order valence-corrected chi connectivity index (χ2v) is 4.20. The van der Waals surface area contributed by atoms with E-state index in [2.05, 4.69) is 0 Å². The average Bonchev–Trinajstić information content (AvgIpc) is 2.44. The first kappa shape index (κ1) is 13.7. The zero-order chi connectivity index (χ0) is 14.7. The maximum Gasteiger partial charge on any atom is 0.323 e. The molecule has 0 atom stereocenters. The van der Waals surface area contributed by atoms with Crippen LogP contribution in [0.3, 0.4) is 0 Å². The van der Waals surface area contributed by atoms with E-state index in [-0.39, 0.29) is 5.69 Å². The van der Waals surface area contributed by atoms with Crippen LogP contribution in [0.15, 0.2) is 41.3 Å². The van der Waals surface area contributed by atoms with Gasteiger partial charge < -0.3 is 20.1 Å². The number of ether oxygens (including phenoxy) is 1. The number of carboxylic acid groups (broad SMARTS) is 1. The minimum Gasteiger partial charge on any atom is -0.497 e. The van der Waals surface area contributed by atoms with Crippen molar-refractivity contribution >= 4 is 11.7 Å². The zero-order valence-corrected chi connectivity index (χ0v) is 10.9. The molecule has 0 bridgehead atoms. The highest BCUT2D eigenvalue weighted by Crippen LogP contribution is 2.26. The number of hydrogen-bond acceptors (Lipinski definition) is 4. The molecule has 0 aliphatic heterocycles. The normalized spacial score (nSPS) is 10.2. The van der Waals surface area contributed by atoms with E-state index < -0.39 is 18.1 Å². The average molecular weight is 274 g/mol. The SMILES string of the molecule is COc1cccc(-c2ccn(CC(=O)O)c(=O)c2N)c1. The molecule has 0 spiro atoms. The molecular weight excluding hydrogens is 260 g/mol. The molecule has 0 aliphatic carbocycles. The van der Waals surface area contributed by atoms with Crippen LogP contribution >= 0.6 is 0 Å². The molecule has 0 amide bonds. The third kappa shape index (κ3) is 2.64. The number of methoxy groups -OCH3 is 1. The van der Waals surface area contributed by atoms with Gasteiger partial charge in [-0.05, 0) is 23.8 Å². The second-order valence-electron chi connectivity index (χ2n) is 4.20. The van der Waals surface area contributed by atoms with Gasteiger partial charge in [0.15, 0.2) is 0 Å². The Hall–Kier alpha value is -2.76. The van der Waals surface area contributed by atoms with Crippen molar-refractivity contribution in [1.82, 2.24) is 4.57 Å². The minimum absolute atomic E-state index is 0.0157. The predicted octanol–water partition coefficient (Wildman–Crippen LogP) is 1.19. The van der Waals surface area contributed by atoms with Gasteiger partial charge in [0.05, 0.1) is 7.11 Å². The summed E-state index contributed by atoms with van der Waals surface area (Å²) in [7, 11) is 1.55. The second kappa shape index (κ2) is 5.48. The van der Waals surface area contributed by atoms with Gasteiger partial charge in [0.25, 0.3) is 5.56 Å². The van der Waals surface area contributed by atoms with Gasteiger partial charge >= 0.3 is 5.97 Å². The molecule has 104 valence electrons. The Morgan fingerprint density at radius 3 is 2.80 bits per heavy atom. The fourth-order valence-corrected chi connectivity index (χ4v) is 1.90. The van der Waals surface area contributed by atoms with Crippen molar-refractivity contribution in [3.8, 4) is 16.9 Å². The van der Waals surface area contributed by atoms with Gasteiger partial charge in [-0.15, -0.1) is 0 Å². The first-order valence-electron chi connectivity index (χ1n) is 5.88. The maximum absolute atomic E-state index is 12.0. The van der Waals surface area contributed by atoms with E-state index >= 15 is 0 Å². The van der Waals surface area contributed by atoms with Gasteiger partial charge in [-0.2, -0.15) is 0 Å². The van der Waals surface area contributed by atoms with Crippen LogP contribution in [-0.2, 0) is 11.3 Å². The van der Waals surface area contributed by atoms with Crippen LogP contribution in [0.1, 0.15) is 0 Å². The van der Waals surface area contributed by atoms with Gasteiger partial charge in [0, 0.05) is 11.8 Å². The van der Waals surface area contributed by atoms with Crippen molar-refractivity contribution in [2.75, 3.05) is 12.8 Å². The number of hydrogen-bond donors (Lipinski definition) is 2. The lowest BCUT2D eigenvalue weighted by atomic mass is 10.1. The van der Waals surface area contributed by atoms with Crippen molar-refractivity contribution < 1.29 is 14.6 Å². The van der Waals surface area contributed by atoms with E-state index in [0.29, 0.717) is 11.3 Å². The lowest BCUT2D eigenvalue weighted by Gasteiger charge is -2.10. The number of nitrogen functional groups attached to an aromatic ring is 1. The monoisotopic (exact) mass is 274 g/mol. The quantitative estimate of drug-likeness (QED) is 0.873. The number of nitrogens with zero attached hydrogens (tertiary/aromatic N) is 1. The highest BCUT2D eigenvalue weighted by atomic mass is 16.5. The van der Waals surface area contributed by atoms with Crippen LogP contribution in [-0.4, -0.2) is 22.8 Å². The molecule has 20 heavy (non-hydrogen) atoms. The van der Waals surface area contributed by atoms with Crippen LogP contribution in [0.5, 0.6) is 5.75 Å². The summed E-state index contributed by atoms with van der Waals surface area (Å²) in [4.78, 5) is 22.6. The van der Waals surface area contributed by atoms with Gasteiger partial charge in [0.1, 0.15) is 18.0 Å². The van der Waals surface area contributed by atoms with Gasteiger partial charge in [-0.1, -0.05) is 12.1 Å². The molecule has 3 N–H and O–H groups in total. The summed E-state index contributed by atoms with van der Waals surface area (Å²) in [5, 5.41) is 8.72. The van der Waals surface area contributed by atoms with Crippen LogP contribution in [0.4, 0.5) is 5.69 Å². The van der Waals surface area contributed by atoms with Gasteiger partial charge in [-0.25, -0.2) is 0 Å². The summed E-state index contributed by atoms with van der Waals surface area (Å²) in [6.45, 7) is -0.415. The third-order valence-corrected chi connectivity index (χ3v) is 2.89. The van der Waals surface area contributed by atoms with E-state index in [9.17, 15) is 9.59 Å². The molecular formula is C14H14N2O4. The van der Waals surface area contributed by atoms with Crippen molar-refractivity contribution in [2.24, 2.45) is 0 Å². The van der Waals surface area contributed by atoms with Crippen LogP contribution in [0.25, 0.3) is 11.1 Å². The summed E-state index contributed by atoms with van der Waals surface area (Å²) in [5.41, 5.74) is 6.60. The molecule has 2 aromatic rings. The largest absolute Gasteiger partial charge is 0.497 e. The van der Waals surface area contributed by atoms with Crippen molar-refractivity contribution in [3.63, 3.8) is 0 Å². The molecule has 0 fully saturated rings. The molecule has 6 nitrogen and oxygen atoms in total. The number of carboxylic acids is 1. The van der Waals surface area contributed by atoms with E-state index in [1.54, 1.807) is 37.4 Å². The smallest absolute Gasteiger partial charge is 0.323 e. The maximum atomic E-state index is 12.0. The fourth-order valence-electron chi connectivity index (χ4n) is 1.90. The van der Waals surface area contributed by atoms with Gasteiger partial charge in [0.2, 0.25) is 0 Å². The minimum atomic E-state index is -1.10. The summed E-state index contributed by atoms with van der Waals surface area (Å²) in [6.07, 6.45) is 1.42. The number of anilines is 1. The van der Waals surface area contributed by atoms with Crippen LogP contribution in [0.2, 0.25) is 0 Å². The Kier molecular flexibility index (Phi) is 3.74. The van der Waals surface area contributed by atoms with Crippen molar-refractivity contribution in [1.29, 1.82) is 0 Å². The number of nitrogens with two attached hydrogens (primary N) is 1. The lowest BCUT2D eigenvalue weighted by Crippen LogP contribution is -2.26. The topological polar surface area (TPSA) is 94.5 Å². The number of pyridine rings is 1. The van der Waals surface area contributed by atoms with E-state index in [1.807, 2.05) is 0 Å². The predicted molar refractivity (Wildman–Crippen MR) is 74.7 cm³/mol. The Morgan fingerprint density at radius 1 is 1.40 bits per heavy atom. The van der Waals surface area contributed by atoms with E-state index in [0.717, 1.165) is 10.1 Å². The number of carbonyl (C=O) groups is 1. The number of benzene rings is 1. The number of aromatic nitrogens is 1. The highest BCUT2D eigenvalue weighted by Gasteiger charge is 2.11. The first-order valence-corrected chi connectivity index (χ1v) is 5.88. The molecule has 0 saturated carbocycles. The summed E-state index contributed by atoms with van der Waals surface area (Å²) in [5.74, 6) is -0.447. The molecule has 0 radical (unpaired) electrons. The zero-order valence-electron chi connectivity index (χ0n) is 10.9. The molecule has 2 rings (SSSR count). The highest BCUT2D eigenvalue weighted by molar-refractivity contribution is 5.76. The van der Waals surface area contributed by atoms with E-state index in [4.69, 9.17) is 15.6 Å². The number of aliphatic carboxylic acids is 1. The van der Waals surface area contributed by atoms with E-state index in [1.165, 1.54) is 6.20 Å². The Balaban J connectivity index is 2.50. The molecule has 1 aromatic carbocycles. The Bertz CT molecular complexity index is 707. The summed E-state index contributed by atoms with van der Waals surface area (Å²) >= 11 is 0. The molecule has 1 aromatic heterocycles. The Morgan fingerprint density at radius 2 is 2.15 bits per heavy atom. The Labute approximate surface area is 115 Å². The lowest BCUT2D eigenvalue weighted by molar-refractivity contribution is -0.137. The molecule has 1 heterocycles. The molecule has 0 unspecified atom stereocenters. The summed E-state index contributed by atoms with van der Waals surface area (Å²) < 4.78 is 6.18. The van der Waals surface area contributed by atoms with Crippen LogP contribution in [0, 0.1) is 0 Å². The summed E-state index contributed by atoms with van der Waals surface area (Å²) in [6, 6.07) is 8.75. The van der Waals surface area contributed by atoms with Crippen molar-refractivity contribution in [3.05, 3.63) is 46.9 Å². The number of rotatable bonds is 4. The standard InChI is InChI=1S/C14H14N2O4/c1-20-10-4-2-3-9(7-10)11-5-6-16(8-12(17)18)14(19)13(11)15/h2-7H,8,15H2,1H3,(H,17,18). The third-order valence-electron chi connectivity index (χ3n) is 2.89. The fraction of sp³-hybridized carbons (Fsp3) is 0.143. The molecule has 0 saturated heterocycles. The van der Waals surface area contributed by atoms with Crippen molar-refractivity contribution in [2.45, 2.75) is 6.54 Å². The first-order chi connectivity index (χ1) is 9.52.